The Bertz CT molecular complexity index is 662. The van der Waals surface area contributed by atoms with Crippen LogP contribution in [0.2, 0.25) is 0 Å². The summed E-state index contributed by atoms with van der Waals surface area (Å²) >= 11 is 0. The minimum atomic E-state index is -0.917. The van der Waals surface area contributed by atoms with Crippen molar-refractivity contribution < 1.29 is 14.3 Å². The number of likely N-dealkylation sites (tertiary alicyclic amines) is 1. The lowest BCUT2D eigenvalue weighted by Gasteiger charge is -2.16. The first-order valence-corrected chi connectivity index (χ1v) is 6.42. The molecule has 0 saturated carbocycles. The van der Waals surface area contributed by atoms with E-state index in [4.69, 9.17) is 5.11 Å². The molecule has 1 aliphatic heterocycles. The zero-order valence-electron chi connectivity index (χ0n) is 10.7. The number of nitrogens with one attached hydrogen (secondary N) is 1. The maximum absolute atomic E-state index is 13.6. The number of hydrogen-bond acceptors (Lipinski definition) is 3. The van der Waals surface area contributed by atoms with Crippen molar-refractivity contribution in [1.29, 1.82) is 0 Å². The number of rotatable bonds is 2. The monoisotopic (exact) mass is 275 g/mol. The van der Waals surface area contributed by atoms with E-state index in [1.165, 1.54) is 17.0 Å². The molecule has 5 nitrogen and oxygen atoms in total. The topological polar surface area (TPSA) is 65.5 Å². The van der Waals surface area contributed by atoms with Crippen molar-refractivity contribution in [2.24, 2.45) is 0 Å². The number of nitrogens with zero attached hydrogens (tertiary/aromatic N) is 2. The summed E-state index contributed by atoms with van der Waals surface area (Å²) in [6.45, 7) is 0.909. The number of hydrogen-bond donors (Lipinski definition) is 2. The second kappa shape index (κ2) is 4.96. The summed E-state index contributed by atoms with van der Waals surface area (Å²) in [6.07, 6.45) is 1.41. The normalized spacial score (nSPS) is 18.4. The molecule has 104 valence electrons. The van der Waals surface area contributed by atoms with Gasteiger partial charge >= 0.3 is 6.09 Å². The molecule has 0 radical (unpaired) electrons. The van der Waals surface area contributed by atoms with E-state index in [0.717, 1.165) is 5.39 Å². The Morgan fingerprint density at radius 2 is 2.35 bits per heavy atom. The predicted molar refractivity (Wildman–Crippen MR) is 73.3 cm³/mol. The summed E-state index contributed by atoms with van der Waals surface area (Å²) in [5.41, 5.74) is 1.24. The largest absolute Gasteiger partial charge is 0.465 e. The molecule has 0 unspecified atom stereocenters. The zero-order chi connectivity index (χ0) is 14.1. The van der Waals surface area contributed by atoms with Crippen molar-refractivity contribution in [3.63, 3.8) is 0 Å². The maximum atomic E-state index is 13.6. The molecule has 1 aliphatic rings. The second-order valence-corrected chi connectivity index (χ2v) is 4.88. The number of fused-ring (bicyclic) bond motifs is 1. The predicted octanol–water partition coefficient (Wildman–Crippen LogP) is 2.54. The first kappa shape index (κ1) is 12.7. The highest BCUT2D eigenvalue weighted by molar-refractivity contribution is 5.91. The molecule has 2 N–H and O–H groups in total. The minimum absolute atomic E-state index is 0.00342. The quantitative estimate of drug-likeness (QED) is 0.884. The molecular formula is C14H14FN3O2. The van der Waals surface area contributed by atoms with Gasteiger partial charge in [0.15, 0.2) is 0 Å². The number of anilines is 1. The number of amides is 1. The van der Waals surface area contributed by atoms with Gasteiger partial charge in [-0.1, -0.05) is 0 Å². The molecule has 1 atom stereocenters. The van der Waals surface area contributed by atoms with Gasteiger partial charge in [-0.05, 0) is 24.6 Å². The molecule has 1 aromatic carbocycles. The summed E-state index contributed by atoms with van der Waals surface area (Å²) in [7, 11) is 0. The maximum Gasteiger partial charge on any atom is 0.407 e. The van der Waals surface area contributed by atoms with Crippen LogP contribution >= 0.6 is 0 Å². The Balaban J connectivity index is 1.86. The van der Waals surface area contributed by atoms with Crippen LogP contribution in [0.5, 0.6) is 0 Å². The molecule has 2 heterocycles. The van der Waals surface area contributed by atoms with Gasteiger partial charge in [0.25, 0.3) is 0 Å². The highest BCUT2D eigenvalue weighted by Gasteiger charge is 2.26. The van der Waals surface area contributed by atoms with Gasteiger partial charge in [0.2, 0.25) is 0 Å². The SMILES string of the molecule is O=C(O)N1CC[C@H](Nc2cc(F)cc3ncccc23)C1. The van der Waals surface area contributed by atoms with E-state index >= 15 is 0 Å². The lowest BCUT2D eigenvalue weighted by atomic mass is 10.1. The molecule has 0 spiro atoms. The smallest absolute Gasteiger partial charge is 0.407 e. The zero-order valence-corrected chi connectivity index (χ0v) is 10.7. The van der Waals surface area contributed by atoms with Crippen LogP contribution in [0.1, 0.15) is 6.42 Å². The van der Waals surface area contributed by atoms with Crippen LogP contribution in [0.15, 0.2) is 30.5 Å². The van der Waals surface area contributed by atoms with Crippen LogP contribution in [0.25, 0.3) is 10.9 Å². The third-order valence-corrected chi connectivity index (χ3v) is 3.50. The van der Waals surface area contributed by atoms with Crippen LogP contribution in [0.3, 0.4) is 0 Å². The van der Waals surface area contributed by atoms with Gasteiger partial charge < -0.3 is 15.3 Å². The molecule has 2 aromatic rings. The molecular weight excluding hydrogens is 261 g/mol. The molecule has 20 heavy (non-hydrogen) atoms. The third-order valence-electron chi connectivity index (χ3n) is 3.50. The minimum Gasteiger partial charge on any atom is -0.465 e. The Morgan fingerprint density at radius 3 is 3.10 bits per heavy atom. The summed E-state index contributed by atoms with van der Waals surface area (Å²) in [5.74, 6) is -0.355. The van der Waals surface area contributed by atoms with Crippen LogP contribution in [-0.2, 0) is 0 Å². The fraction of sp³-hybridized carbons (Fsp3) is 0.286. The highest BCUT2D eigenvalue weighted by Crippen LogP contribution is 2.25. The number of carbonyl (C=O) groups is 1. The van der Waals surface area contributed by atoms with Crippen molar-refractivity contribution in [1.82, 2.24) is 9.88 Å². The molecule has 3 rings (SSSR count). The highest BCUT2D eigenvalue weighted by atomic mass is 19.1. The Hall–Kier alpha value is -2.37. The van der Waals surface area contributed by atoms with Gasteiger partial charge in [-0.3, -0.25) is 4.98 Å². The van der Waals surface area contributed by atoms with Crippen molar-refractivity contribution >= 4 is 22.7 Å². The molecule has 6 heteroatoms. The van der Waals surface area contributed by atoms with E-state index < -0.39 is 6.09 Å². The second-order valence-electron chi connectivity index (χ2n) is 4.88. The van der Waals surface area contributed by atoms with Gasteiger partial charge in [-0.25, -0.2) is 9.18 Å². The van der Waals surface area contributed by atoms with E-state index in [9.17, 15) is 9.18 Å². The fourth-order valence-electron chi connectivity index (χ4n) is 2.54. The first-order chi connectivity index (χ1) is 9.63. The van der Waals surface area contributed by atoms with Gasteiger partial charge in [0, 0.05) is 42.5 Å². The van der Waals surface area contributed by atoms with Crippen LogP contribution in [0, 0.1) is 5.82 Å². The standard InChI is InChI=1S/C14H14FN3O2/c15-9-6-12-11(2-1-4-16-12)13(7-9)17-10-3-5-18(8-10)14(19)20/h1-2,4,6-7,10,17H,3,5,8H2,(H,19,20)/t10-/m0/s1. The first-order valence-electron chi connectivity index (χ1n) is 6.42. The number of benzene rings is 1. The molecule has 0 bridgehead atoms. The number of carboxylic acid groups (broad SMARTS) is 1. The van der Waals surface area contributed by atoms with E-state index in [1.807, 2.05) is 6.07 Å². The lowest BCUT2D eigenvalue weighted by molar-refractivity contribution is 0.155. The average Bonchev–Trinajstić information content (AvgIpc) is 2.87. The van der Waals surface area contributed by atoms with E-state index in [0.29, 0.717) is 30.7 Å². The molecule has 1 fully saturated rings. The number of halogens is 1. The van der Waals surface area contributed by atoms with Crippen LogP contribution in [0.4, 0.5) is 14.9 Å². The fourth-order valence-corrected chi connectivity index (χ4v) is 2.54. The van der Waals surface area contributed by atoms with E-state index in [2.05, 4.69) is 10.3 Å². The average molecular weight is 275 g/mol. The molecule has 0 aliphatic carbocycles. The van der Waals surface area contributed by atoms with Gasteiger partial charge in [-0.2, -0.15) is 0 Å². The summed E-state index contributed by atoms with van der Waals surface area (Å²) in [4.78, 5) is 16.4. The van der Waals surface area contributed by atoms with Crippen LogP contribution < -0.4 is 5.32 Å². The van der Waals surface area contributed by atoms with Crippen molar-refractivity contribution in [3.05, 3.63) is 36.3 Å². The van der Waals surface area contributed by atoms with Crippen molar-refractivity contribution in [2.75, 3.05) is 18.4 Å². The molecule has 1 aromatic heterocycles. The summed E-state index contributed by atoms with van der Waals surface area (Å²) < 4.78 is 13.6. The van der Waals surface area contributed by atoms with E-state index in [1.54, 1.807) is 12.3 Å². The number of pyridine rings is 1. The van der Waals surface area contributed by atoms with Gasteiger partial charge in [0.05, 0.1) is 5.52 Å². The van der Waals surface area contributed by atoms with Gasteiger partial charge in [0.1, 0.15) is 5.82 Å². The Morgan fingerprint density at radius 1 is 1.50 bits per heavy atom. The van der Waals surface area contributed by atoms with Crippen molar-refractivity contribution in [2.45, 2.75) is 12.5 Å². The third kappa shape index (κ3) is 2.36. The summed E-state index contributed by atoms with van der Waals surface area (Å²) in [6, 6.07) is 6.47. The van der Waals surface area contributed by atoms with Crippen LogP contribution in [-0.4, -0.2) is 40.2 Å². The Kier molecular flexibility index (Phi) is 3.14. The van der Waals surface area contributed by atoms with Gasteiger partial charge in [-0.15, -0.1) is 0 Å². The van der Waals surface area contributed by atoms with Crippen molar-refractivity contribution in [3.8, 4) is 0 Å². The Labute approximate surface area is 115 Å². The summed E-state index contributed by atoms with van der Waals surface area (Å²) in [5, 5.41) is 13.0. The molecule has 1 saturated heterocycles. The molecule has 1 amide bonds. The van der Waals surface area contributed by atoms with E-state index in [-0.39, 0.29) is 11.9 Å². The number of aromatic nitrogens is 1. The lowest BCUT2D eigenvalue weighted by Crippen LogP contribution is -2.30.